The van der Waals surface area contributed by atoms with Crippen molar-refractivity contribution >= 4 is 17.1 Å². The first kappa shape index (κ1) is 24.8. The van der Waals surface area contributed by atoms with Crippen LogP contribution in [0.4, 0.5) is 0 Å². The summed E-state index contributed by atoms with van der Waals surface area (Å²) in [5.41, 5.74) is 7.34. The van der Waals surface area contributed by atoms with E-state index in [9.17, 15) is 4.79 Å². The monoisotopic (exact) mass is 424 g/mol. The van der Waals surface area contributed by atoms with Crippen LogP contribution < -0.4 is 0 Å². The third-order valence-electron chi connectivity index (χ3n) is 5.51. The summed E-state index contributed by atoms with van der Waals surface area (Å²) in [6.07, 6.45) is 11.7. The maximum Gasteiger partial charge on any atom is 0.330 e. The van der Waals surface area contributed by atoms with Crippen LogP contribution in [0.3, 0.4) is 0 Å². The van der Waals surface area contributed by atoms with Crippen LogP contribution in [0.25, 0.3) is 11.1 Å². The van der Waals surface area contributed by atoms with E-state index in [1.807, 2.05) is 26.0 Å². The van der Waals surface area contributed by atoms with E-state index in [0.29, 0.717) is 19.8 Å². The van der Waals surface area contributed by atoms with Gasteiger partial charge in [-0.2, -0.15) is 0 Å². The minimum atomic E-state index is -0.310. The van der Waals surface area contributed by atoms with Gasteiger partial charge in [0.2, 0.25) is 0 Å². The van der Waals surface area contributed by atoms with Crippen molar-refractivity contribution in [3.8, 4) is 0 Å². The molecule has 1 aliphatic rings. The van der Waals surface area contributed by atoms with Gasteiger partial charge >= 0.3 is 5.97 Å². The highest BCUT2D eigenvalue weighted by Crippen LogP contribution is 2.43. The molecule has 0 heterocycles. The number of allylic oxidation sites excluding steroid dienone is 6. The zero-order valence-corrected chi connectivity index (χ0v) is 19.8. The molecule has 0 bridgehead atoms. The number of rotatable bonds is 9. The van der Waals surface area contributed by atoms with E-state index in [2.05, 4.69) is 51.1 Å². The number of fused-ring (bicyclic) bond motifs is 1. The van der Waals surface area contributed by atoms with Crippen molar-refractivity contribution in [1.29, 1.82) is 0 Å². The van der Waals surface area contributed by atoms with E-state index >= 15 is 0 Å². The number of carbonyl (C=O) groups is 1. The second kappa shape index (κ2) is 11.8. The molecule has 31 heavy (non-hydrogen) atoms. The Balaban J connectivity index is 2.25. The molecule has 0 N–H and O–H groups in total. The number of esters is 1. The summed E-state index contributed by atoms with van der Waals surface area (Å²) in [6, 6.07) is 6.74. The van der Waals surface area contributed by atoms with Crippen molar-refractivity contribution in [2.45, 2.75) is 59.8 Å². The topological polar surface area (TPSA) is 44.8 Å². The Hall–Kier alpha value is -2.43. The Morgan fingerprint density at radius 3 is 2.61 bits per heavy atom. The molecular weight excluding hydrogens is 388 g/mol. The van der Waals surface area contributed by atoms with Crippen molar-refractivity contribution in [3.63, 3.8) is 0 Å². The average Bonchev–Trinajstić information content (AvgIpc) is 2.72. The fraction of sp³-hybridized carbons (Fsp3) is 0.444. The summed E-state index contributed by atoms with van der Waals surface area (Å²) < 4.78 is 4.94. The molecule has 0 radical (unpaired) electrons. The van der Waals surface area contributed by atoms with Crippen molar-refractivity contribution in [2.24, 2.45) is 0 Å². The van der Waals surface area contributed by atoms with Crippen LogP contribution in [0.15, 0.2) is 54.2 Å². The average molecular weight is 425 g/mol. The summed E-state index contributed by atoms with van der Waals surface area (Å²) >= 11 is 0. The minimum absolute atomic E-state index is 0.151. The van der Waals surface area contributed by atoms with Gasteiger partial charge in [-0.25, -0.2) is 14.6 Å². The molecule has 0 aromatic heterocycles. The molecule has 1 aliphatic carbocycles. The van der Waals surface area contributed by atoms with E-state index in [1.165, 1.54) is 28.3 Å². The summed E-state index contributed by atoms with van der Waals surface area (Å²) in [5.74, 6) is -0.310. The van der Waals surface area contributed by atoms with Gasteiger partial charge in [0.05, 0.1) is 13.2 Å². The molecular formula is C27H36O4. The Morgan fingerprint density at radius 2 is 1.90 bits per heavy atom. The molecule has 0 spiro atoms. The summed E-state index contributed by atoms with van der Waals surface area (Å²) in [5, 5.41) is 0. The maximum atomic E-state index is 11.5. The van der Waals surface area contributed by atoms with Gasteiger partial charge in [0.15, 0.2) is 0 Å². The Bertz CT molecular complexity index is 884. The molecule has 1 aromatic carbocycles. The van der Waals surface area contributed by atoms with Crippen LogP contribution in [0.2, 0.25) is 0 Å². The highest BCUT2D eigenvalue weighted by Gasteiger charge is 2.29. The first-order chi connectivity index (χ1) is 14.8. The quantitative estimate of drug-likeness (QED) is 0.112. The minimum Gasteiger partial charge on any atom is -0.463 e. The van der Waals surface area contributed by atoms with Gasteiger partial charge in [0.1, 0.15) is 6.61 Å². The Kier molecular flexibility index (Phi) is 9.47. The second-order valence-electron chi connectivity index (χ2n) is 8.41. The molecule has 2 rings (SSSR count). The first-order valence-electron chi connectivity index (χ1n) is 11.1. The third kappa shape index (κ3) is 7.34. The van der Waals surface area contributed by atoms with Gasteiger partial charge in [-0.3, -0.25) is 0 Å². The molecule has 0 atom stereocenters. The molecule has 0 amide bonds. The highest BCUT2D eigenvalue weighted by molar-refractivity contribution is 5.83. The van der Waals surface area contributed by atoms with Crippen molar-refractivity contribution < 1.29 is 19.3 Å². The second-order valence-corrected chi connectivity index (χ2v) is 8.41. The van der Waals surface area contributed by atoms with E-state index < -0.39 is 0 Å². The molecule has 4 heteroatoms. The number of hydrogen-bond donors (Lipinski definition) is 0. The lowest BCUT2D eigenvalue weighted by Gasteiger charge is -2.34. The van der Waals surface area contributed by atoms with Gasteiger partial charge in [-0.15, -0.1) is 0 Å². The van der Waals surface area contributed by atoms with Crippen molar-refractivity contribution in [2.75, 3.05) is 19.8 Å². The molecule has 1 aromatic rings. The summed E-state index contributed by atoms with van der Waals surface area (Å²) in [7, 11) is 0. The van der Waals surface area contributed by atoms with Crippen LogP contribution in [-0.2, 0) is 24.7 Å². The van der Waals surface area contributed by atoms with Gasteiger partial charge in [-0.1, -0.05) is 50.3 Å². The SMILES string of the molecule is CCOOCC=C1CCC(C)(C)c2ccc(C(C)=CC=CC(C)=CC(=O)OCC)cc21. The fourth-order valence-corrected chi connectivity index (χ4v) is 3.70. The zero-order valence-electron chi connectivity index (χ0n) is 19.8. The Morgan fingerprint density at radius 1 is 1.13 bits per heavy atom. The molecule has 0 unspecified atom stereocenters. The van der Waals surface area contributed by atoms with Crippen LogP contribution in [0, 0.1) is 0 Å². The molecule has 0 saturated heterocycles. The number of hydrogen-bond acceptors (Lipinski definition) is 4. The van der Waals surface area contributed by atoms with Crippen molar-refractivity contribution in [1.82, 2.24) is 0 Å². The van der Waals surface area contributed by atoms with E-state index in [4.69, 9.17) is 14.5 Å². The van der Waals surface area contributed by atoms with E-state index in [1.54, 1.807) is 6.92 Å². The lowest BCUT2D eigenvalue weighted by molar-refractivity contribution is -0.282. The number of ether oxygens (including phenoxy) is 1. The normalized spacial score (nSPS) is 17.8. The molecule has 0 saturated carbocycles. The first-order valence-corrected chi connectivity index (χ1v) is 11.1. The molecule has 0 aliphatic heterocycles. The van der Waals surface area contributed by atoms with Crippen molar-refractivity contribution in [3.05, 3.63) is 70.8 Å². The molecule has 4 nitrogen and oxygen atoms in total. The third-order valence-corrected chi connectivity index (χ3v) is 5.51. The number of carbonyl (C=O) groups excluding carboxylic acids is 1. The Labute approximate surface area is 187 Å². The van der Waals surface area contributed by atoms with Gasteiger partial charge in [0.25, 0.3) is 0 Å². The predicted octanol–water partition coefficient (Wildman–Crippen LogP) is 6.58. The van der Waals surface area contributed by atoms with Crippen LogP contribution in [0.5, 0.6) is 0 Å². The van der Waals surface area contributed by atoms with Gasteiger partial charge in [-0.05, 0) is 85.4 Å². The fourth-order valence-electron chi connectivity index (χ4n) is 3.70. The molecule has 168 valence electrons. The highest BCUT2D eigenvalue weighted by atomic mass is 17.2. The van der Waals surface area contributed by atoms with Gasteiger partial charge < -0.3 is 4.74 Å². The standard InChI is InChI=1S/C27H36O4/c1-7-29-26(28)18-20(3)10-9-11-21(4)23-12-13-25-24(19-23)22(14-16-27(25,5)6)15-17-31-30-8-2/h9-13,15,18-19H,7-8,14,16-17H2,1-6H3. The lowest BCUT2D eigenvalue weighted by Crippen LogP contribution is -2.23. The van der Waals surface area contributed by atoms with Crippen LogP contribution >= 0.6 is 0 Å². The predicted molar refractivity (Wildman–Crippen MR) is 127 cm³/mol. The molecule has 0 fully saturated rings. The zero-order chi connectivity index (χ0) is 22.9. The van der Waals surface area contributed by atoms with Crippen LogP contribution in [-0.4, -0.2) is 25.8 Å². The van der Waals surface area contributed by atoms with Gasteiger partial charge in [0, 0.05) is 6.08 Å². The van der Waals surface area contributed by atoms with E-state index in [-0.39, 0.29) is 11.4 Å². The summed E-state index contributed by atoms with van der Waals surface area (Å²) in [6.45, 7) is 13.7. The largest absolute Gasteiger partial charge is 0.463 e. The van der Waals surface area contributed by atoms with E-state index in [0.717, 1.165) is 24.0 Å². The number of benzene rings is 1. The lowest BCUT2D eigenvalue weighted by atomic mass is 9.70. The maximum absolute atomic E-state index is 11.5. The van der Waals surface area contributed by atoms with Crippen LogP contribution in [0.1, 0.15) is 71.1 Å². The smallest absolute Gasteiger partial charge is 0.330 e. The summed E-state index contributed by atoms with van der Waals surface area (Å²) in [4.78, 5) is 21.8.